The highest BCUT2D eigenvalue weighted by atomic mass is 79.9. The van der Waals surface area contributed by atoms with Gasteiger partial charge in [-0.1, -0.05) is 0 Å². The van der Waals surface area contributed by atoms with E-state index in [-0.39, 0.29) is 5.82 Å². The van der Waals surface area contributed by atoms with Gasteiger partial charge in [0, 0.05) is 11.8 Å². The van der Waals surface area contributed by atoms with Crippen molar-refractivity contribution in [3.8, 4) is 11.5 Å². The summed E-state index contributed by atoms with van der Waals surface area (Å²) in [6, 6.07) is 9.42. The maximum absolute atomic E-state index is 13.1. The van der Waals surface area contributed by atoms with Gasteiger partial charge >= 0.3 is 0 Å². The molecule has 0 amide bonds. The molecule has 0 atom stereocenters. The Bertz CT molecular complexity index is 560. The number of ether oxygens (including phenoxy) is 1. The van der Waals surface area contributed by atoms with Crippen molar-refractivity contribution in [1.29, 1.82) is 0 Å². The van der Waals surface area contributed by atoms with E-state index < -0.39 is 0 Å². The molecule has 0 saturated heterocycles. The lowest BCUT2D eigenvalue weighted by molar-refractivity contribution is 0.471. The number of benzene rings is 2. The van der Waals surface area contributed by atoms with Crippen molar-refractivity contribution in [2.45, 2.75) is 0 Å². The molecule has 0 unspecified atom stereocenters. The lowest BCUT2D eigenvalue weighted by Gasteiger charge is -2.09. The molecule has 0 fully saturated rings. The number of nitrogen functional groups attached to an aromatic ring is 1. The van der Waals surface area contributed by atoms with E-state index in [2.05, 4.69) is 31.9 Å². The molecule has 88 valence electrons. The minimum Gasteiger partial charge on any atom is -0.455 e. The molecule has 0 aromatic heterocycles. The fourth-order valence-electron chi connectivity index (χ4n) is 1.27. The van der Waals surface area contributed by atoms with E-state index >= 15 is 0 Å². The van der Waals surface area contributed by atoms with Gasteiger partial charge in [-0.3, -0.25) is 0 Å². The van der Waals surface area contributed by atoms with Crippen LogP contribution < -0.4 is 10.5 Å². The fourth-order valence-corrected chi connectivity index (χ4v) is 2.08. The quantitative estimate of drug-likeness (QED) is 0.786. The van der Waals surface area contributed by atoms with Crippen molar-refractivity contribution in [1.82, 2.24) is 0 Å². The van der Waals surface area contributed by atoms with Gasteiger partial charge in [0.15, 0.2) is 0 Å². The summed E-state index contributed by atoms with van der Waals surface area (Å²) in [6.45, 7) is 0. The molecule has 2 aromatic rings. The Morgan fingerprint density at radius 2 is 1.71 bits per heavy atom. The molecule has 17 heavy (non-hydrogen) atoms. The summed E-state index contributed by atoms with van der Waals surface area (Å²) in [5.74, 6) is 0.635. The van der Waals surface area contributed by atoms with Gasteiger partial charge < -0.3 is 10.5 Å². The van der Waals surface area contributed by atoms with E-state index in [1.165, 1.54) is 12.1 Å². The van der Waals surface area contributed by atoms with E-state index in [4.69, 9.17) is 10.5 Å². The Morgan fingerprint density at radius 3 is 2.41 bits per heavy atom. The molecule has 0 heterocycles. The van der Waals surface area contributed by atoms with Crippen LogP contribution in [0.4, 0.5) is 10.1 Å². The number of halogens is 3. The molecule has 0 aliphatic heterocycles. The Hall–Kier alpha value is -1.07. The molecule has 2 rings (SSSR count). The van der Waals surface area contributed by atoms with Crippen LogP contribution >= 0.6 is 31.9 Å². The lowest BCUT2D eigenvalue weighted by atomic mass is 10.3. The van der Waals surface area contributed by atoms with Crippen LogP contribution in [-0.4, -0.2) is 0 Å². The summed E-state index contributed by atoms with van der Waals surface area (Å²) in [4.78, 5) is 0. The van der Waals surface area contributed by atoms with Gasteiger partial charge in [-0.05, 0) is 62.2 Å². The minimum atomic E-state index is -0.352. The average Bonchev–Trinajstić information content (AvgIpc) is 2.27. The van der Waals surface area contributed by atoms with Crippen LogP contribution in [0.5, 0.6) is 11.5 Å². The maximum atomic E-state index is 13.1. The van der Waals surface area contributed by atoms with Crippen molar-refractivity contribution in [3.05, 3.63) is 51.2 Å². The second-order valence-corrected chi connectivity index (χ2v) is 5.08. The van der Waals surface area contributed by atoms with Gasteiger partial charge in [0.2, 0.25) is 0 Å². The first kappa shape index (κ1) is 12.4. The average molecular weight is 361 g/mol. The van der Waals surface area contributed by atoms with Gasteiger partial charge in [-0.2, -0.15) is 0 Å². The number of rotatable bonds is 2. The zero-order valence-electron chi connectivity index (χ0n) is 8.58. The van der Waals surface area contributed by atoms with Gasteiger partial charge in [-0.25, -0.2) is 4.39 Å². The second-order valence-electron chi connectivity index (χ2n) is 3.37. The Balaban J connectivity index is 2.34. The van der Waals surface area contributed by atoms with Gasteiger partial charge in [0.25, 0.3) is 0 Å². The molecule has 0 radical (unpaired) electrons. The predicted molar refractivity (Wildman–Crippen MR) is 72.7 cm³/mol. The third kappa shape index (κ3) is 2.98. The molecule has 2 nitrogen and oxygen atoms in total. The van der Waals surface area contributed by atoms with Crippen molar-refractivity contribution in [2.75, 3.05) is 5.73 Å². The SMILES string of the molecule is Nc1ccc(Oc2cc(F)ccc2Br)c(Br)c1. The van der Waals surface area contributed by atoms with E-state index in [9.17, 15) is 4.39 Å². The third-order valence-electron chi connectivity index (χ3n) is 2.07. The molecular weight excluding hydrogens is 353 g/mol. The van der Waals surface area contributed by atoms with Crippen LogP contribution in [0.2, 0.25) is 0 Å². The minimum absolute atomic E-state index is 0.352. The molecule has 2 N–H and O–H groups in total. The summed E-state index contributed by atoms with van der Waals surface area (Å²) in [7, 11) is 0. The summed E-state index contributed by atoms with van der Waals surface area (Å²) in [5, 5.41) is 0. The highest BCUT2D eigenvalue weighted by Gasteiger charge is 2.07. The summed E-state index contributed by atoms with van der Waals surface area (Å²) < 4.78 is 20.1. The first-order valence-electron chi connectivity index (χ1n) is 4.74. The molecule has 0 saturated carbocycles. The number of hydrogen-bond donors (Lipinski definition) is 1. The van der Waals surface area contributed by atoms with Crippen LogP contribution in [0.3, 0.4) is 0 Å². The second kappa shape index (κ2) is 5.06. The number of nitrogens with two attached hydrogens (primary N) is 1. The molecule has 2 aromatic carbocycles. The summed E-state index contributed by atoms with van der Waals surface area (Å²) in [6.07, 6.45) is 0. The first-order valence-corrected chi connectivity index (χ1v) is 6.33. The van der Waals surface area contributed by atoms with E-state index in [1.54, 1.807) is 24.3 Å². The highest BCUT2D eigenvalue weighted by molar-refractivity contribution is 9.11. The molecule has 0 aliphatic carbocycles. The van der Waals surface area contributed by atoms with Crippen LogP contribution in [-0.2, 0) is 0 Å². The van der Waals surface area contributed by atoms with Gasteiger partial charge in [0.05, 0.1) is 8.95 Å². The lowest BCUT2D eigenvalue weighted by Crippen LogP contribution is -1.90. The van der Waals surface area contributed by atoms with Gasteiger partial charge in [-0.15, -0.1) is 0 Å². The smallest absolute Gasteiger partial charge is 0.144 e. The van der Waals surface area contributed by atoms with Crippen molar-refractivity contribution >= 4 is 37.5 Å². The zero-order valence-corrected chi connectivity index (χ0v) is 11.8. The number of anilines is 1. The van der Waals surface area contributed by atoms with Crippen molar-refractivity contribution < 1.29 is 9.13 Å². The normalized spacial score (nSPS) is 10.3. The van der Waals surface area contributed by atoms with Crippen molar-refractivity contribution in [2.24, 2.45) is 0 Å². The maximum Gasteiger partial charge on any atom is 0.144 e. The van der Waals surface area contributed by atoms with Crippen LogP contribution in [0, 0.1) is 5.82 Å². The van der Waals surface area contributed by atoms with Gasteiger partial charge in [0.1, 0.15) is 17.3 Å². The molecule has 5 heteroatoms. The van der Waals surface area contributed by atoms with Crippen LogP contribution in [0.1, 0.15) is 0 Å². The summed E-state index contributed by atoms with van der Waals surface area (Å²) >= 11 is 6.63. The number of hydrogen-bond acceptors (Lipinski definition) is 2. The Kier molecular flexibility index (Phi) is 3.69. The highest BCUT2D eigenvalue weighted by Crippen LogP contribution is 2.35. The van der Waals surface area contributed by atoms with E-state index in [0.717, 1.165) is 0 Å². The standard InChI is InChI=1S/C12H8Br2FNO/c13-9-3-1-7(15)5-12(9)17-11-4-2-8(16)6-10(11)14/h1-6H,16H2. The largest absolute Gasteiger partial charge is 0.455 e. The topological polar surface area (TPSA) is 35.2 Å². The summed E-state index contributed by atoms with van der Waals surface area (Å²) in [5.41, 5.74) is 6.25. The van der Waals surface area contributed by atoms with Crippen LogP contribution in [0.15, 0.2) is 45.3 Å². The molecule has 0 aliphatic rings. The molecule has 0 bridgehead atoms. The van der Waals surface area contributed by atoms with Crippen molar-refractivity contribution in [3.63, 3.8) is 0 Å². The Morgan fingerprint density at radius 1 is 0.941 bits per heavy atom. The fraction of sp³-hybridized carbons (Fsp3) is 0. The first-order chi connectivity index (χ1) is 8.06. The van der Waals surface area contributed by atoms with E-state index in [1.807, 2.05) is 0 Å². The van der Waals surface area contributed by atoms with Crippen LogP contribution in [0.25, 0.3) is 0 Å². The monoisotopic (exact) mass is 359 g/mol. The van der Waals surface area contributed by atoms with E-state index in [0.29, 0.717) is 26.1 Å². The predicted octanol–water partition coefficient (Wildman–Crippen LogP) is 4.73. The zero-order chi connectivity index (χ0) is 12.4. The Labute approximate surface area is 115 Å². The molecular formula is C12H8Br2FNO. The third-order valence-corrected chi connectivity index (χ3v) is 3.34. The molecule has 0 spiro atoms.